The van der Waals surface area contributed by atoms with Crippen molar-refractivity contribution in [2.24, 2.45) is 17.8 Å². The third-order valence-electron chi connectivity index (χ3n) is 17.5. The van der Waals surface area contributed by atoms with Crippen molar-refractivity contribution in [3.8, 4) is 11.1 Å². The highest BCUT2D eigenvalue weighted by Gasteiger charge is 2.58. The molecule has 15 rings (SSSR count). The standard InChI is InChI=1S/C59H55N3/c1-56(2)43-23-15-13-21-41(43)49-45(56)25-26-46-50(49)53-55(58(46,5)6)62-52-47(60(39-17-9-7-10-18-39)51-42-22-14-16-24-44(42)57(3,4)54(51)62)30-38(31-48(52)61(53)40-19-11-8-12-20-40)59-32-35-27-36(33-59)29-37(28-35)34-59/h7-26,30-31,35-37H,27-29,32-34H2,1-6H3. The molecule has 3 heteroatoms. The van der Waals surface area contributed by atoms with Gasteiger partial charge in [-0.25, -0.2) is 0 Å². The number of benzene rings is 6. The van der Waals surface area contributed by atoms with Crippen LogP contribution in [0.1, 0.15) is 119 Å². The summed E-state index contributed by atoms with van der Waals surface area (Å²) in [7, 11) is 0. The zero-order chi connectivity index (χ0) is 41.7. The molecule has 0 N–H and O–H groups in total. The van der Waals surface area contributed by atoms with Gasteiger partial charge in [-0.1, -0.05) is 139 Å². The van der Waals surface area contributed by atoms with E-state index in [1.807, 2.05) is 0 Å². The molecule has 0 radical (unpaired) electrons. The molecule has 0 atom stereocenters. The number of nitrogens with zero attached hydrogens (tertiary/aromatic N) is 3. The van der Waals surface area contributed by atoms with Gasteiger partial charge in [0, 0.05) is 38.7 Å². The first-order valence-electron chi connectivity index (χ1n) is 23.5. The molecule has 2 heterocycles. The van der Waals surface area contributed by atoms with Crippen molar-refractivity contribution in [1.82, 2.24) is 0 Å². The van der Waals surface area contributed by atoms with Crippen LogP contribution in [0, 0.1) is 17.8 Å². The monoisotopic (exact) mass is 805 g/mol. The van der Waals surface area contributed by atoms with Gasteiger partial charge in [0.2, 0.25) is 0 Å². The maximum absolute atomic E-state index is 2.84. The maximum Gasteiger partial charge on any atom is 0.0943 e. The Morgan fingerprint density at radius 2 is 0.871 bits per heavy atom. The minimum Gasteiger partial charge on any atom is -0.308 e. The van der Waals surface area contributed by atoms with Crippen molar-refractivity contribution in [3.05, 3.63) is 184 Å². The molecule has 4 fully saturated rings. The lowest BCUT2D eigenvalue weighted by Gasteiger charge is -2.58. The van der Waals surface area contributed by atoms with Crippen LogP contribution >= 0.6 is 0 Å². The number of hydrogen-bond acceptors (Lipinski definition) is 3. The molecule has 306 valence electrons. The molecule has 4 saturated carbocycles. The van der Waals surface area contributed by atoms with Crippen molar-refractivity contribution in [1.29, 1.82) is 0 Å². The minimum atomic E-state index is -0.320. The normalized spacial score (nSPS) is 26.5. The van der Waals surface area contributed by atoms with Crippen LogP contribution in [-0.2, 0) is 21.7 Å². The fraction of sp³-hybridized carbons (Fsp3) is 0.322. The molecule has 62 heavy (non-hydrogen) atoms. The first kappa shape index (κ1) is 35.8. The second-order valence-corrected chi connectivity index (χ2v) is 22.0. The minimum absolute atomic E-state index is 0.108. The van der Waals surface area contributed by atoms with E-state index in [1.54, 1.807) is 5.56 Å². The number of hydrogen-bond donors (Lipinski definition) is 0. The van der Waals surface area contributed by atoms with E-state index in [0.29, 0.717) is 0 Å². The quantitative estimate of drug-likeness (QED) is 0.176. The lowest BCUT2D eigenvalue weighted by atomic mass is 9.48. The zero-order valence-corrected chi connectivity index (χ0v) is 37.0. The molecule has 4 bridgehead atoms. The van der Waals surface area contributed by atoms with Gasteiger partial charge in [-0.2, -0.15) is 0 Å². The Bertz CT molecular complexity index is 3000. The van der Waals surface area contributed by atoms with Crippen molar-refractivity contribution >= 4 is 39.8 Å². The third-order valence-corrected chi connectivity index (χ3v) is 17.5. The summed E-state index contributed by atoms with van der Waals surface area (Å²) in [5.41, 5.74) is 24.2. The van der Waals surface area contributed by atoms with Crippen molar-refractivity contribution in [2.45, 2.75) is 102 Å². The van der Waals surface area contributed by atoms with Gasteiger partial charge in [-0.3, -0.25) is 0 Å². The van der Waals surface area contributed by atoms with Crippen LogP contribution in [0.3, 0.4) is 0 Å². The summed E-state index contributed by atoms with van der Waals surface area (Å²) in [5.74, 6) is 2.54. The Balaban J connectivity index is 1.16. The first-order valence-corrected chi connectivity index (χ1v) is 23.5. The molecule has 2 aliphatic heterocycles. The maximum atomic E-state index is 2.84. The van der Waals surface area contributed by atoms with Crippen LogP contribution in [-0.4, -0.2) is 0 Å². The van der Waals surface area contributed by atoms with Gasteiger partial charge < -0.3 is 14.7 Å². The molecular weight excluding hydrogens is 751 g/mol. The smallest absolute Gasteiger partial charge is 0.0943 e. The third kappa shape index (κ3) is 4.24. The second kappa shape index (κ2) is 11.6. The number of fused-ring (bicyclic) bond motifs is 10. The van der Waals surface area contributed by atoms with E-state index in [0.717, 1.165) is 17.8 Å². The summed E-state index contributed by atoms with van der Waals surface area (Å²) in [5, 5.41) is 0. The van der Waals surface area contributed by atoms with Gasteiger partial charge in [-0.05, 0) is 137 Å². The summed E-state index contributed by atoms with van der Waals surface area (Å²) < 4.78 is 0. The highest BCUT2D eigenvalue weighted by atomic mass is 15.4. The lowest BCUT2D eigenvalue weighted by Crippen LogP contribution is -2.49. The summed E-state index contributed by atoms with van der Waals surface area (Å²) in [6.45, 7) is 14.9. The summed E-state index contributed by atoms with van der Waals surface area (Å²) in [4.78, 5) is 8.29. The van der Waals surface area contributed by atoms with Gasteiger partial charge in [0.25, 0.3) is 0 Å². The number of anilines is 5. The number of para-hydroxylation sites is 2. The fourth-order valence-corrected chi connectivity index (χ4v) is 15.3. The van der Waals surface area contributed by atoms with Crippen LogP contribution in [0.25, 0.3) is 22.5 Å². The summed E-state index contributed by atoms with van der Waals surface area (Å²) in [6.07, 6.45) is 8.28. The Kier molecular flexibility index (Phi) is 6.69. The topological polar surface area (TPSA) is 9.72 Å². The predicted molar refractivity (Wildman–Crippen MR) is 256 cm³/mol. The van der Waals surface area contributed by atoms with Crippen LogP contribution < -0.4 is 14.7 Å². The molecule has 9 aliphatic rings. The highest BCUT2D eigenvalue weighted by molar-refractivity contribution is 6.15. The number of rotatable bonds is 3. The Labute approximate surface area is 367 Å². The largest absolute Gasteiger partial charge is 0.308 e. The van der Waals surface area contributed by atoms with E-state index >= 15 is 0 Å². The molecule has 3 nitrogen and oxygen atoms in total. The van der Waals surface area contributed by atoms with Crippen molar-refractivity contribution in [2.75, 3.05) is 14.7 Å². The average Bonchev–Trinajstić information content (AvgIpc) is 3.76. The molecule has 6 aromatic rings. The van der Waals surface area contributed by atoms with Crippen LogP contribution in [0.15, 0.2) is 145 Å². The van der Waals surface area contributed by atoms with Gasteiger partial charge in [0.1, 0.15) is 0 Å². The highest BCUT2D eigenvalue weighted by Crippen LogP contribution is 2.70. The SMILES string of the molecule is CC1(C)C2=C(c3ccccc31)N(c1ccccc1)c1cc(C34CC5CC(CC(C5)C3)C4)cc3c1N2C1=C(c2c(ccc4c2-c2ccccc2C4(C)C)C1(C)C)N3c1ccccc1. The molecule has 6 aromatic carbocycles. The summed E-state index contributed by atoms with van der Waals surface area (Å²) in [6, 6.07) is 51.8. The van der Waals surface area contributed by atoms with Gasteiger partial charge in [-0.15, -0.1) is 0 Å². The van der Waals surface area contributed by atoms with E-state index in [9.17, 15) is 0 Å². The van der Waals surface area contributed by atoms with E-state index in [1.165, 1.54) is 134 Å². The van der Waals surface area contributed by atoms with Gasteiger partial charge in [0.05, 0.1) is 39.9 Å². The van der Waals surface area contributed by atoms with E-state index < -0.39 is 0 Å². The molecule has 0 aromatic heterocycles. The number of allylic oxidation sites excluding steroid dienone is 2. The molecule has 0 amide bonds. The zero-order valence-electron chi connectivity index (χ0n) is 37.0. The summed E-state index contributed by atoms with van der Waals surface area (Å²) >= 11 is 0. The van der Waals surface area contributed by atoms with Crippen molar-refractivity contribution < 1.29 is 0 Å². The lowest BCUT2D eigenvalue weighted by molar-refractivity contribution is -0.00514. The van der Waals surface area contributed by atoms with Crippen LogP contribution in [0.4, 0.5) is 28.4 Å². The van der Waals surface area contributed by atoms with E-state index in [2.05, 4.69) is 190 Å². The Hall–Kier alpha value is -5.80. The Morgan fingerprint density at radius 1 is 0.419 bits per heavy atom. The van der Waals surface area contributed by atoms with Crippen LogP contribution in [0.2, 0.25) is 0 Å². The molecule has 0 unspecified atom stereocenters. The molecule has 0 saturated heterocycles. The van der Waals surface area contributed by atoms with E-state index in [4.69, 9.17) is 0 Å². The first-order chi connectivity index (χ1) is 30.0. The van der Waals surface area contributed by atoms with Crippen LogP contribution in [0.5, 0.6) is 0 Å². The van der Waals surface area contributed by atoms with Crippen molar-refractivity contribution in [3.63, 3.8) is 0 Å². The second-order valence-electron chi connectivity index (χ2n) is 22.0. The molecule has 0 spiro atoms. The van der Waals surface area contributed by atoms with E-state index in [-0.39, 0.29) is 21.7 Å². The average molecular weight is 806 g/mol. The molecule has 7 aliphatic carbocycles. The van der Waals surface area contributed by atoms with Gasteiger partial charge >= 0.3 is 0 Å². The predicted octanol–water partition coefficient (Wildman–Crippen LogP) is 14.9. The Morgan fingerprint density at radius 3 is 1.45 bits per heavy atom. The molecular formula is C59H55N3. The fourth-order valence-electron chi connectivity index (χ4n) is 15.3. The van der Waals surface area contributed by atoms with Gasteiger partial charge in [0.15, 0.2) is 0 Å².